The molecule has 1 aromatic heterocycles. The van der Waals surface area contributed by atoms with Crippen LogP contribution in [0.2, 0.25) is 0 Å². The fraction of sp³-hybridized carbons (Fsp3) is 0.303. The normalized spacial score (nSPS) is 19.5. The Labute approximate surface area is 260 Å². The lowest BCUT2D eigenvalue weighted by molar-refractivity contribution is -0.140. The molecule has 0 radical (unpaired) electrons. The van der Waals surface area contributed by atoms with Gasteiger partial charge in [-0.05, 0) is 48.9 Å². The van der Waals surface area contributed by atoms with Crippen molar-refractivity contribution in [2.45, 2.75) is 49.4 Å². The molecular formula is C33H33N3O6S2. The molecular weight excluding hydrogens is 599 g/mol. The van der Waals surface area contributed by atoms with Crippen LogP contribution >= 0.6 is 11.3 Å². The maximum atomic E-state index is 14.7. The summed E-state index contributed by atoms with van der Waals surface area (Å²) in [5.41, 5.74) is 1.60. The van der Waals surface area contributed by atoms with Crippen LogP contribution in [0.4, 0.5) is 0 Å². The maximum absolute atomic E-state index is 14.7. The molecule has 0 bridgehead atoms. The number of aromatic nitrogens is 1. The van der Waals surface area contributed by atoms with E-state index in [2.05, 4.69) is 4.98 Å². The molecule has 2 aliphatic rings. The standard InChI is InChI=1S/C33H33N3O6S2/c1-23-34-26(22-43-23)21-36-20-25-8-5-6-11-29(25)30-33(32(36)38,16-19-44(39,40)28-9-3-2-4-10-28)35-31(42-30)24-12-14-27(15-13-24)41-18-7-17-37/h2-6,8-15,22,30,37H,7,16-21H2,1H3/t30-,33-/m0/s1. The predicted molar refractivity (Wildman–Crippen MR) is 167 cm³/mol. The number of amides is 1. The first-order valence-electron chi connectivity index (χ1n) is 14.5. The zero-order valence-corrected chi connectivity index (χ0v) is 25.9. The van der Waals surface area contributed by atoms with Crippen LogP contribution in [0.3, 0.4) is 0 Å². The van der Waals surface area contributed by atoms with Crippen molar-refractivity contribution in [3.63, 3.8) is 0 Å². The van der Waals surface area contributed by atoms with Gasteiger partial charge >= 0.3 is 0 Å². The van der Waals surface area contributed by atoms with Gasteiger partial charge in [0.1, 0.15) is 5.75 Å². The average Bonchev–Trinajstić information content (AvgIpc) is 3.62. The molecule has 1 N–H and O–H groups in total. The number of benzene rings is 3. The molecule has 228 valence electrons. The zero-order valence-electron chi connectivity index (χ0n) is 24.3. The third kappa shape index (κ3) is 5.99. The summed E-state index contributed by atoms with van der Waals surface area (Å²) in [4.78, 5) is 26.2. The minimum Gasteiger partial charge on any atom is -0.494 e. The fourth-order valence-corrected chi connectivity index (χ4v) is 7.65. The van der Waals surface area contributed by atoms with Gasteiger partial charge in [0, 0.05) is 42.5 Å². The van der Waals surface area contributed by atoms with Crippen LogP contribution in [0.5, 0.6) is 5.75 Å². The Morgan fingerprint density at radius 3 is 2.55 bits per heavy atom. The summed E-state index contributed by atoms with van der Waals surface area (Å²) >= 11 is 1.52. The van der Waals surface area contributed by atoms with Crippen molar-refractivity contribution in [3.05, 3.63) is 112 Å². The molecule has 2 aliphatic heterocycles. The van der Waals surface area contributed by atoms with Crippen LogP contribution in [-0.2, 0) is 32.5 Å². The van der Waals surface area contributed by atoms with E-state index < -0.39 is 21.5 Å². The fourth-order valence-electron chi connectivity index (χ4n) is 5.66. The van der Waals surface area contributed by atoms with E-state index >= 15 is 0 Å². The summed E-state index contributed by atoms with van der Waals surface area (Å²) in [6, 6.07) is 23.2. The van der Waals surface area contributed by atoms with Crippen LogP contribution in [0.1, 0.15) is 46.3 Å². The number of carbonyl (C=O) groups is 1. The summed E-state index contributed by atoms with van der Waals surface area (Å²) in [5, 5.41) is 11.9. The van der Waals surface area contributed by atoms with E-state index in [1.807, 2.05) is 36.6 Å². The van der Waals surface area contributed by atoms with Crippen LogP contribution in [-0.4, -0.2) is 59.7 Å². The number of ether oxygens (including phenoxy) is 2. The molecule has 4 aromatic rings. The molecule has 11 heteroatoms. The lowest BCUT2D eigenvalue weighted by Crippen LogP contribution is -2.49. The second-order valence-electron chi connectivity index (χ2n) is 10.9. The van der Waals surface area contributed by atoms with Gasteiger partial charge in [-0.3, -0.25) is 4.79 Å². The van der Waals surface area contributed by atoms with E-state index in [0.717, 1.165) is 21.8 Å². The summed E-state index contributed by atoms with van der Waals surface area (Å²) < 4.78 is 39.3. The van der Waals surface area contributed by atoms with E-state index in [1.54, 1.807) is 59.5 Å². The number of aliphatic imine (C=N–C) groups is 1. The summed E-state index contributed by atoms with van der Waals surface area (Å²) in [6.07, 6.45) is -0.373. The number of hydrogen-bond acceptors (Lipinski definition) is 9. The number of hydrogen-bond donors (Lipinski definition) is 1. The molecule has 0 saturated carbocycles. The van der Waals surface area contributed by atoms with Crippen LogP contribution in [0.15, 0.2) is 94.1 Å². The smallest absolute Gasteiger partial charge is 0.255 e. The number of aliphatic hydroxyl groups excluding tert-OH is 1. The molecule has 9 nitrogen and oxygen atoms in total. The molecule has 6 rings (SSSR count). The number of aliphatic hydroxyl groups is 1. The first-order valence-corrected chi connectivity index (χ1v) is 17.0. The molecule has 2 atom stereocenters. The Bertz CT molecular complexity index is 1770. The van der Waals surface area contributed by atoms with Gasteiger partial charge in [-0.1, -0.05) is 42.5 Å². The number of thiazole rings is 1. The minimum absolute atomic E-state index is 0.0425. The van der Waals surface area contributed by atoms with Crippen LogP contribution < -0.4 is 4.74 Å². The highest BCUT2D eigenvalue weighted by atomic mass is 32.2. The van der Waals surface area contributed by atoms with Gasteiger partial charge in [0.2, 0.25) is 5.90 Å². The van der Waals surface area contributed by atoms with Crippen molar-refractivity contribution in [3.8, 4) is 5.75 Å². The molecule has 3 heterocycles. The van der Waals surface area contributed by atoms with Crippen molar-refractivity contribution in [1.82, 2.24) is 9.88 Å². The van der Waals surface area contributed by atoms with Gasteiger partial charge in [0.25, 0.3) is 5.91 Å². The summed E-state index contributed by atoms with van der Waals surface area (Å²) in [7, 11) is -3.73. The highest BCUT2D eigenvalue weighted by molar-refractivity contribution is 7.91. The van der Waals surface area contributed by atoms with Crippen molar-refractivity contribution in [2.24, 2.45) is 4.99 Å². The second kappa shape index (κ2) is 12.5. The molecule has 0 fully saturated rings. The lowest BCUT2D eigenvalue weighted by Gasteiger charge is -2.32. The lowest BCUT2D eigenvalue weighted by atomic mass is 9.84. The number of rotatable bonds is 11. The average molecular weight is 632 g/mol. The number of aryl methyl sites for hydroxylation is 1. The predicted octanol–water partition coefficient (Wildman–Crippen LogP) is 4.88. The van der Waals surface area contributed by atoms with Crippen molar-refractivity contribution in [1.29, 1.82) is 0 Å². The van der Waals surface area contributed by atoms with Crippen molar-refractivity contribution < 1.29 is 27.8 Å². The Balaban J connectivity index is 1.42. The monoisotopic (exact) mass is 631 g/mol. The highest BCUT2D eigenvalue weighted by Crippen LogP contribution is 2.47. The quantitative estimate of drug-likeness (QED) is 0.235. The Hall–Kier alpha value is -4.06. The Kier molecular flexibility index (Phi) is 8.53. The molecule has 0 saturated heterocycles. The highest BCUT2D eigenvalue weighted by Gasteiger charge is 2.57. The van der Waals surface area contributed by atoms with Crippen molar-refractivity contribution >= 4 is 33.0 Å². The Morgan fingerprint density at radius 1 is 1.07 bits per heavy atom. The summed E-state index contributed by atoms with van der Waals surface area (Å²) in [6.45, 7) is 2.93. The SMILES string of the molecule is Cc1nc(CN2Cc3ccccc3[C@@H]3OC(c4ccc(OCCCO)cc4)=N[C@]3(CCS(=O)(=O)c3ccccc3)C2=O)cs1. The molecule has 0 spiro atoms. The number of carbonyl (C=O) groups excluding carboxylic acids is 1. The largest absolute Gasteiger partial charge is 0.494 e. The molecule has 0 unspecified atom stereocenters. The number of sulfone groups is 1. The van der Waals surface area contributed by atoms with E-state index in [0.29, 0.717) is 30.9 Å². The van der Waals surface area contributed by atoms with Crippen LogP contribution in [0, 0.1) is 6.92 Å². The molecule has 0 aliphatic carbocycles. The number of fused-ring (bicyclic) bond motifs is 3. The first kappa shape index (κ1) is 30.0. The van der Waals surface area contributed by atoms with E-state index in [4.69, 9.17) is 19.6 Å². The van der Waals surface area contributed by atoms with Crippen molar-refractivity contribution in [2.75, 3.05) is 19.0 Å². The van der Waals surface area contributed by atoms with E-state index in [-0.39, 0.29) is 42.0 Å². The minimum atomic E-state index is -3.73. The van der Waals surface area contributed by atoms with Gasteiger partial charge < -0.3 is 19.5 Å². The number of nitrogens with zero attached hydrogens (tertiary/aromatic N) is 3. The molecule has 44 heavy (non-hydrogen) atoms. The third-order valence-corrected chi connectivity index (χ3v) is 10.4. The van der Waals surface area contributed by atoms with E-state index in [9.17, 15) is 13.2 Å². The van der Waals surface area contributed by atoms with E-state index in [1.165, 1.54) is 11.3 Å². The van der Waals surface area contributed by atoms with Gasteiger partial charge in [0.05, 0.1) is 34.5 Å². The topological polar surface area (TPSA) is 118 Å². The molecule has 1 amide bonds. The van der Waals surface area contributed by atoms with Crippen LogP contribution in [0.25, 0.3) is 0 Å². The summed E-state index contributed by atoms with van der Waals surface area (Å²) in [5.74, 6) is 0.308. The first-order chi connectivity index (χ1) is 21.3. The second-order valence-corrected chi connectivity index (χ2v) is 14.1. The molecule has 3 aromatic carbocycles. The van der Waals surface area contributed by atoms with Gasteiger partial charge in [-0.2, -0.15) is 0 Å². The zero-order chi connectivity index (χ0) is 30.7. The van der Waals surface area contributed by atoms with Gasteiger partial charge in [-0.25, -0.2) is 18.4 Å². The Morgan fingerprint density at radius 2 is 1.82 bits per heavy atom. The third-order valence-electron chi connectivity index (χ3n) is 7.87. The van der Waals surface area contributed by atoms with Gasteiger partial charge in [-0.15, -0.1) is 11.3 Å². The van der Waals surface area contributed by atoms with Gasteiger partial charge in [0.15, 0.2) is 21.5 Å². The maximum Gasteiger partial charge on any atom is 0.255 e.